The molecular weight excluding hydrogens is 434 g/mol. The quantitative estimate of drug-likeness (QED) is 0.750. The van der Waals surface area contributed by atoms with Crippen molar-refractivity contribution in [2.24, 2.45) is 11.3 Å². The molecule has 2 heterocycles. The molecule has 2 aromatic rings. The van der Waals surface area contributed by atoms with Gasteiger partial charge >= 0.3 is 0 Å². The molecule has 9 heteroatoms. The first-order valence-electron chi connectivity index (χ1n) is 10.5. The molecule has 1 aromatic carbocycles. The second-order valence-corrected chi connectivity index (χ2v) is 12.2. The Bertz CT molecular complexity index is 1120. The summed E-state index contributed by atoms with van der Waals surface area (Å²) in [5.74, 6) is -0.638. The molecule has 0 bridgehead atoms. The summed E-state index contributed by atoms with van der Waals surface area (Å²) >= 11 is 1.22. The number of benzene rings is 1. The van der Waals surface area contributed by atoms with Crippen molar-refractivity contribution in [2.75, 3.05) is 18.4 Å². The maximum Gasteiger partial charge on any atom is 0.243 e. The zero-order valence-corrected chi connectivity index (χ0v) is 19.6. The average molecular weight is 462 g/mol. The average Bonchev–Trinajstić information content (AvgIpc) is 3.09. The Morgan fingerprint density at radius 1 is 1.23 bits per heavy atom. The van der Waals surface area contributed by atoms with Crippen molar-refractivity contribution in [1.29, 1.82) is 0 Å². The number of Topliss-reactive ketones (excluding diaryl/α,β-unsaturated/α-hetero) is 1. The second-order valence-electron chi connectivity index (χ2n) is 9.24. The maximum absolute atomic E-state index is 13.0. The zero-order valence-electron chi connectivity index (χ0n) is 18.0. The van der Waals surface area contributed by atoms with E-state index in [1.165, 1.54) is 15.6 Å². The van der Waals surface area contributed by atoms with Gasteiger partial charge in [0.25, 0.3) is 0 Å². The first-order chi connectivity index (χ1) is 14.5. The monoisotopic (exact) mass is 461 g/mol. The summed E-state index contributed by atoms with van der Waals surface area (Å²) in [6.07, 6.45) is 2.41. The summed E-state index contributed by atoms with van der Waals surface area (Å²) in [5, 5.41) is 3.25. The van der Waals surface area contributed by atoms with Gasteiger partial charge in [-0.3, -0.25) is 9.59 Å². The van der Waals surface area contributed by atoms with E-state index in [0.29, 0.717) is 42.2 Å². The molecule has 1 aromatic heterocycles. The maximum atomic E-state index is 13.0. The van der Waals surface area contributed by atoms with Crippen LogP contribution in [0.1, 0.15) is 54.0 Å². The number of piperidine rings is 1. The van der Waals surface area contributed by atoms with Crippen molar-refractivity contribution in [1.82, 2.24) is 9.29 Å². The molecule has 1 atom stereocenters. The van der Waals surface area contributed by atoms with Crippen LogP contribution in [-0.4, -0.2) is 42.5 Å². The van der Waals surface area contributed by atoms with E-state index in [-0.39, 0.29) is 28.5 Å². The lowest BCUT2D eigenvalue weighted by molar-refractivity contribution is -0.120. The Labute approximate surface area is 186 Å². The first-order valence-corrected chi connectivity index (χ1v) is 12.7. The first kappa shape index (κ1) is 22.1. The summed E-state index contributed by atoms with van der Waals surface area (Å²) in [5.41, 5.74) is 1.60. The molecule has 2 aliphatic rings. The van der Waals surface area contributed by atoms with Crippen molar-refractivity contribution < 1.29 is 18.0 Å². The van der Waals surface area contributed by atoms with Crippen molar-refractivity contribution in [3.8, 4) is 0 Å². The van der Waals surface area contributed by atoms with Crippen LogP contribution in [0, 0.1) is 18.3 Å². The minimum atomic E-state index is -3.64. The van der Waals surface area contributed by atoms with Crippen LogP contribution < -0.4 is 5.32 Å². The molecular formula is C22H27N3O4S2. The summed E-state index contributed by atoms with van der Waals surface area (Å²) in [7, 11) is -3.64. The topological polar surface area (TPSA) is 96.4 Å². The summed E-state index contributed by atoms with van der Waals surface area (Å²) in [6.45, 7) is 6.52. The summed E-state index contributed by atoms with van der Waals surface area (Å²) < 4.78 is 27.4. The van der Waals surface area contributed by atoms with Gasteiger partial charge in [0.15, 0.2) is 10.9 Å². The van der Waals surface area contributed by atoms with E-state index in [1.807, 2.05) is 20.8 Å². The third kappa shape index (κ3) is 4.58. The molecule has 1 fully saturated rings. The lowest BCUT2D eigenvalue weighted by Crippen LogP contribution is -2.43. The van der Waals surface area contributed by atoms with Crippen LogP contribution in [0.15, 0.2) is 29.2 Å². The largest absolute Gasteiger partial charge is 0.302 e. The highest BCUT2D eigenvalue weighted by atomic mass is 32.2. The molecule has 0 spiro atoms. The molecule has 1 aliphatic heterocycles. The van der Waals surface area contributed by atoms with E-state index in [0.717, 1.165) is 11.3 Å². The second kappa shape index (κ2) is 8.11. The number of fused-ring (bicyclic) bond motifs is 1. The smallest absolute Gasteiger partial charge is 0.243 e. The van der Waals surface area contributed by atoms with Crippen LogP contribution >= 0.6 is 11.3 Å². The van der Waals surface area contributed by atoms with Gasteiger partial charge in [-0.05, 0) is 43.7 Å². The number of sulfonamides is 1. The number of thiazole rings is 1. The van der Waals surface area contributed by atoms with Crippen LogP contribution in [0.25, 0.3) is 0 Å². The van der Waals surface area contributed by atoms with Gasteiger partial charge in [0, 0.05) is 19.5 Å². The van der Waals surface area contributed by atoms with E-state index < -0.39 is 15.9 Å². The number of amides is 1. The number of carbonyl (C=O) groups is 2. The number of aromatic nitrogens is 1. The van der Waals surface area contributed by atoms with Crippen molar-refractivity contribution >= 4 is 38.2 Å². The Hall–Kier alpha value is -2.10. The van der Waals surface area contributed by atoms with Gasteiger partial charge < -0.3 is 5.32 Å². The minimum absolute atomic E-state index is 0.0669. The number of hydrogen-bond acceptors (Lipinski definition) is 6. The fourth-order valence-corrected chi connectivity index (χ4v) is 6.66. The Morgan fingerprint density at radius 2 is 1.94 bits per heavy atom. The molecule has 166 valence electrons. The highest BCUT2D eigenvalue weighted by Gasteiger charge is 2.36. The van der Waals surface area contributed by atoms with Crippen molar-refractivity contribution in [2.45, 2.75) is 51.3 Å². The highest BCUT2D eigenvalue weighted by Crippen LogP contribution is 2.38. The fourth-order valence-electron chi connectivity index (χ4n) is 4.22. The molecule has 31 heavy (non-hydrogen) atoms. The third-order valence-electron chi connectivity index (χ3n) is 5.88. The molecule has 4 rings (SSSR count). The standard InChI is InChI=1S/C22H27N3O4S2/c1-14-6-8-16(9-7-14)31(28,29)25-10-4-5-15(13-25)20(27)24-21-23-17-11-22(2,3)12-18(26)19(17)30-21/h6-9,15H,4-5,10-13H2,1-3H3,(H,23,24,27)/t15-/m1/s1. The predicted molar refractivity (Wildman–Crippen MR) is 120 cm³/mol. The molecule has 1 aliphatic carbocycles. The van der Waals surface area contributed by atoms with Gasteiger partial charge in [0.2, 0.25) is 15.9 Å². The van der Waals surface area contributed by atoms with Crippen LogP contribution in [0.5, 0.6) is 0 Å². The number of hydrogen-bond donors (Lipinski definition) is 1. The third-order valence-corrected chi connectivity index (χ3v) is 8.81. The van der Waals surface area contributed by atoms with E-state index in [1.54, 1.807) is 24.3 Å². The molecule has 1 amide bonds. The minimum Gasteiger partial charge on any atom is -0.302 e. The molecule has 0 radical (unpaired) electrons. The molecule has 7 nitrogen and oxygen atoms in total. The van der Waals surface area contributed by atoms with Gasteiger partial charge in [-0.2, -0.15) is 4.31 Å². The Kier molecular flexibility index (Phi) is 5.78. The predicted octanol–water partition coefficient (Wildman–Crippen LogP) is 3.65. The van der Waals surface area contributed by atoms with Gasteiger partial charge in [-0.25, -0.2) is 13.4 Å². The fraction of sp³-hybridized carbons (Fsp3) is 0.500. The molecule has 1 N–H and O–H groups in total. The highest BCUT2D eigenvalue weighted by molar-refractivity contribution is 7.89. The summed E-state index contributed by atoms with van der Waals surface area (Å²) in [4.78, 5) is 30.6. The van der Waals surface area contributed by atoms with Crippen molar-refractivity contribution in [3.05, 3.63) is 40.4 Å². The number of nitrogens with zero attached hydrogens (tertiary/aromatic N) is 2. The number of anilines is 1. The van der Waals surface area contributed by atoms with Gasteiger partial charge in [-0.15, -0.1) is 0 Å². The SMILES string of the molecule is Cc1ccc(S(=O)(=O)N2CCC[C@@H](C(=O)Nc3nc4c(s3)C(=O)CC(C)(C)C4)C2)cc1. The van der Waals surface area contributed by atoms with Gasteiger partial charge in [-0.1, -0.05) is 42.9 Å². The molecule has 0 unspecified atom stereocenters. The van der Waals surface area contributed by atoms with Crippen LogP contribution in [0.2, 0.25) is 0 Å². The van der Waals surface area contributed by atoms with Crippen LogP contribution in [0.4, 0.5) is 5.13 Å². The lowest BCUT2D eigenvalue weighted by Gasteiger charge is -2.31. The number of carbonyl (C=O) groups excluding carboxylic acids is 2. The van der Waals surface area contributed by atoms with Gasteiger partial charge in [0.05, 0.1) is 21.4 Å². The van der Waals surface area contributed by atoms with Gasteiger partial charge in [0.1, 0.15) is 0 Å². The number of aryl methyl sites for hydroxylation is 1. The van der Waals surface area contributed by atoms with E-state index in [4.69, 9.17) is 0 Å². The van der Waals surface area contributed by atoms with E-state index in [9.17, 15) is 18.0 Å². The zero-order chi connectivity index (χ0) is 22.4. The number of ketones is 1. The van der Waals surface area contributed by atoms with E-state index >= 15 is 0 Å². The van der Waals surface area contributed by atoms with Crippen molar-refractivity contribution in [3.63, 3.8) is 0 Å². The van der Waals surface area contributed by atoms with E-state index in [2.05, 4.69) is 10.3 Å². The molecule has 1 saturated heterocycles. The summed E-state index contributed by atoms with van der Waals surface area (Å²) in [6, 6.07) is 6.75. The van der Waals surface area contributed by atoms with Crippen LogP contribution in [-0.2, 0) is 21.2 Å². The number of rotatable bonds is 4. The molecule has 0 saturated carbocycles. The Balaban J connectivity index is 1.46. The van der Waals surface area contributed by atoms with Crippen LogP contribution in [0.3, 0.4) is 0 Å². The Morgan fingerprint density at radius 3 is 2.65 bits per heavy atom. The number of nitrogens with one attached hydrogen (secondary N) is 1. The normalized spacial score (nSPS) is 21.5. The lowest BCUT2D eigenvalue weighted by atomic mass is 9.78.